The number of Topliss-reactive ketones (excluding diaryl/α,β-unsaturated/α-hetero) is 1. The maximum atomic E-state index is 12.8. The molecule has 2 aromatic carbocycles. The second-order valence-corrected chi connectivity index (χ2v) is 6.04. The van der Waals surface area contributed by atoms with Gasteiger partial charge in [-0.2, -0.15) is 0 Å². The van der Waals surface area contributed by atoms with E-state index in [0.717, 1.165) is 12.0 Å². The van der Waals surface area contributed by atoms with Crippen molar-refractivity contribution in [2.24, 2.45) is 0 Å². The van der Waals surface area contributed by atoms with E-state index in [1.165, 1.54) is 25.1 Å². The topological polar surface area (TPSA) is 105 Å². The van der Waals surface area contributed by atoms with Crippen LogP contribution in [0.3, 0.4) is 0 Å². The molecule has 7 nitrogen and oxygen atoms in total. The van der Waals surface area contributed by atoms with Gasteiger partial charge in [-0.3, -0.25) is 19.6 Å². The third-order valence-electron chi connectivity index (χ3n) is 3.94. The summed E-state index contributed by atoms with van der Waals surface area (Å²) in [7, 11) is 0. The highest BCUT2D eigenvalue weighted by atomic mass is 16.5. The van der Waals surface area contributed by atoms with E-state index in [2.05, 4.69) is 5.32 Å². The molecule has 0 aliphatic heterocycles. The van der Waals surface area contributed by atoms with Gasteiger partial charge in [-0.1, -0.05) is 13.0 Å². The van der Waals surface area contributed by atoms with Gasteiger partial charge in [-0.05, 0) is 56.2 Å². The molecule has 2 amide bonds. The summed E-state index contributed by atoms with van der Waals surface area (Å²) in [4.78, 5) is 36.1. The molecule has 0 radical (unpaired) electrons. The van der Waals surface area contributed by atoms with Crippen LogP contribution in [-0.4, -0.2) is 29.4 Å². The molecule has 0 bridgehead atoms. The van der Waals surface area contributed by atoms with Crippen molar-refractivity contribution in [1.82, 2.24) is 5.48 Å². The summed E-state index contributed by atoms with van der Waals surface area (Å²) in [5, 5.41) is 11.5. The molecule has 0 atom stereocenters. The number of carbonyl (C=O) groups is 3. The summed E-state index contributed by atoms with van der Waals surface area (Å²) in [5.74, 6) is -0.935. The quantitative estimate of drug-likeness (QED) is 0.394. The highest BCUT2D eigenvalue weighted by Crippen LogP contribution is 2.24. The second-order valence-electron chi connectivity index (χ2n) is 6.04. The predicted molar refractivity (Wildman–Crippen MR) is 101 cm³/mol. The molecule has 3 N–H and O–H groups in total. The number of aryl methyl sites for hydroxylation is 1. The van der Waals surface area contributed by atoms with E-state index < -0.39 is 11.8 Å². The first kappa shape index (κ1) is 20.1. The first-order valence-electron chi connectivity index (χ1n) is 8.51. The molecule has 0 aliphatic rings. The van der Waals surface area contributed by atoms with Crippen molar-refractivity contribution in [1.29, 1.82) is 0 Å². The van der Waals surface area contributed by atoms with E-state index in [4.69, 9.17) is 9.94 Å². The van der Waals surface area contributed by atoms with E-state index in [1.807, 2.05) is 6.92 Å². The average Bonchev–Trinajstić information content (AvgIpc) is 2.67. The van der Waals surface area contributed by atoms with Crippen LogP contribution in [0.5, 0.6) is 5.75 Å². The zero-order valence-electron chi connectivity index (χ0n) is 15.5. The Morgan fingerprint density at radius 3 is 2.37 bits per heavy atom. The lowest BCUT2D eigenvalue weighted by atomic mass is 10.1. The number of amides is 2. The van der Waals surface area contributed by atoms with Crippen LogP contribution in [0.25, 0.3) is 0 Å². The Morgan fingerprint density at radius 2 is 1.74 bits per heavy atom. The van der Waals surface area contributed by atoms with Gasteiger partial charge in [0, 0.05) is 16.8 Å². The van der Waals surface area contributed by atoms with Crippen molar-refractivity contribution < 1.29 is 24.3 Å². The number of benzene rings is 2. The van der Waals surface area contributed by atoms with E-state index in [1.54, 1.807) is 30.6 Å². The minimum atomic E-state index is -0.684. The second kappa shape index (κ2) is 8.95. The lowest BCUT2D eigenvalue weighted by Crippen LogP contribution is -2.20. The summed E-state index contributed by atoms with van der Waals surface area (Å²) in [6.45, 7) is 5.58. The van der Waals surface area contributed by atoms with Crippen molar-refractivity contribution >= 4 is 23.3 Å². The molecule has 142 valence electrons. The smallest absolute Gasteiger partial charge is 0.274 e. The summed E-state index contributed by atoms with van der Waals surface area (Å²) < 4.78 is 5.62. The normalized spacial score (nSPS) is 10.2. The van der Waals surface area contributed by atoms with Gasteiger partial charge in [-0.25, -0.2) is 5.48 Å². The first-order chi connectivity index (χ1) is 12.9. The fraction of sp³-hybridized carbons (Fsp3) is 0.250. The maximum Gasteiger partial charge on any atom is 0.274 e. The Bertz CT molecular complexity index is 877. The van der Waals surface area contributed by atoms with Crippen molar-refractivity contribution in [3.63, 3.8) is 0 Å². The maximum absolute atomic E-state index is 12.8. The first-order valence-corrected chi connectivity index (χ1v) is 8.51. The van der Waals surface area contributed by atoms with Crippen LogP contribution in [0.4, 0.5) is 5.69 Å². The lowest BCUT2D eigenvalue weighted by Gasteiger charge is -2.14. The number of nitrogens with one attached hydrogen (secondary N) is 2. The Labute approximate surface area is 157 Å². The van der Waals surface area contributed by atoms with Gasteiger partial charge in [0.2, 0.25) is 0 Å². The van der Waals surface area contributed by atoms with Gasteiger partial charge in [0.1, 0.15) is 5.75 Å². The Morgan fingerprint density at radius 1 is 1.04 bits per heavy atom. The summed E-state index contributed by atoms with van der Waals surface area (Å²) in [5.41, 5.74) is 3.52. The highest BCUT2D eigenvalue weighted by molar-refractivity contribution is 6.08. The van der Waals surface area contributed by atoms with Crippen LogP contribution in [0.1, 0.15) is 56.9 Å². The molecule has 27 heavy (non-hydrogen) atoms. The number of hydrogen-bond donors (Lipinski definition) is 3. The van der Waals surface area contributed by atoms with Crippen LogP contribution < -0.4 is 15.5 Å². The Balaban J connectivity index is 2.38. The molecule has 0 saturated carbocycles. The molecule has 0 unspecified atom stereocenters. The van der Waals surface area contributed by atoms with Gasteiger partial charge in [0.15, 0.2) is 5.78 Å². The molecule has 0 spiro atoms. The van der Waals surface area contributed by atoms with Crippen molar-refractivity contribution in [3.05, 3.63) is 58.7 Å². The predicted octanol–water partition coefficient (Wildman–Crippen LogP) is 3.36. The molecule has 0 fully saturated rings. The van der Waals surface area contributed by atoms with Crippen LogP contribution in [0, 0.1) is 6.92 Å². The number of anilines is 1. The number of ketones is 1. The Kier molecular flexibility index (Phi) is 6.67. The van der Waals surface area contributed by atoms with Crippen LogP contribution in [-0.2, 0) is 0 Å². The molecule has 2 aromatic rings. The average molecular weight is 370 g/mol. The highest BCUT2D eigenvalue weighted by Gasteiger charge is 2.17. The summed E-state index contributed by atoms with van der Waals surface area (Å²) in [6, 6.07) is 9.34. The molecule has 0 aliphatic carbocycles. The molecular weight excluding hydrogens is 348 g/mol. The molecule has 0 aromatic heterocycles. The minimum Gasteiger partial charge on any atom is -0.493 e. The van der Waals surface area contributed by atoms with Crippen molar-refractivity contribution in [2.45, 2.75) is 27.2 Å². The van der Waals surface area contributed by atoms with Crippen LogP contribution in [0.15, 0.2) is 36.4 Å². The minimum absolute atomic E-state index is 0.163. The van der Waals surface area contributed by atoms with Crippen molar-refractivity contribution in [3.8, 4) is 5.75 Å². The zero-order valence-corrected chi connectivity index (χ0v) is 15.5. The number of rotatable bonds is 7. The number of ether oxygens (including phenoxy) is 1. The fourth-order valence-corrected chi connectivity index (χ4v) is 2.42. The largest absolute Gasteiger partial charge is 0.493 e. The van der Waals surface area contributed by atoms with E-state index in [9.17, 15) is 14.4 Å². The van der Waals surface area contributed by atoms with Gasteiger partial charge in [0.05, 0.1) is 12.2 Å². The molecular formula is C20H22N2O5. The SMILES string of the molecule is CCCOc1ccc(C(C)=O)cc1C(=O)Nc1cc(C(=O)NO)ccc1C. The Hall–Kier alpha value is -3.19. The summed E-state index contributed by atoms with van der Waals surface area (Å²) >= 11 is 0. The fourth-order valence-electron chi connectivity index (χ4n) is 2.42. The van der Waals surface area contributed by atoms with E-state index in [-0.39, 0.29) is 16.9 Å². The number of hydroxylamine groups is 1. The molecule has 0 heterocycles. The molecule has 2 rings (SSSR count). The van der Waals surface area contributed by atoms with E-state index in [0.29, 0.717) is 23.6 Å². The summed E-state index contributed by atoms with van der Waals surface area (Å²) in [6.07, 6.45) is 0.771. The van der Waals surface area contributed by atoms with Gasteiger partial charge < -0.3 is 10.1 Å². The number of carbonyl (C=O) groups excluding carboxylic acids is 3. The van der Waals surface area contributed by atoms with Crippen LogP contribution >= 0.6 is 0 Å². The zero-order chi connectivity index (χ0) is 20.0. The third-order valence-corrected chi connectivity index (χ3v) is 3.94. The third kappa shape index (κ3) is 4.92. The lowest BCUT2D eigenvalue weighted by molar-refractivity contribution is 0.0706. The standard InChI is InChI=1S/C20H22N2O5/c1-4-9-27-18-8-7-14(13(3)23)10-16(18)20(25)21-17-11-15(19(24)22-26)6-5-12(17)2/h5-8,10-11,26H,4,9H2,1-3H3,(H,21,25)(H,22,24). The van der Waals surface area contributed by atoms with Gasteiger partial charge >= 0.3 is 0 Å². The van der Waals surface area contributed by atoms with E-state index >= 15 is 0 Å². The van der Waals surface area contributed by atoms with Gasteiger partial charge in [0.25, 0.3) is 11.8 Å². The van der Waals surface area contributed by atoms with Crippen LogP contribution in [0.2, 0.25) is 0 Å². The monoisotopic (exact) mass is 370 g/mol. The number of hydrogen-bond acceptors (Lipinski definition) is 5. The van der Waals surface area contributed by atoms with Gasteiger partial charge in [-0.15, -0.1) is 0 Å². The molecule has 7 heteroatoms. The molecule has 0 saturated heterocycles. The van der Waals surface area contributed by atoms with Crippen molar-refractivity contribution in [2.75, 3.05) is 11.9 Å².